The van der Waals surface area contributed by atoms with Gasteiger partial charge in [0.15, 0.2) is 0 Å². The number of nitrogens with zero attached hydrogens (tertiary/aromatic N) is 3. The quantitative estimate of drug-likeness (QED) is 0.564. The number of primary amides is 1. The number of halogens is 1. The van der Waals surface area contributed by atoms with E-state index in [1.54, 1.807) is 36.4 Å². The van der Waals surface area contributed by atoms with Crippen molar-refractivity contribution in [1.82, 2.24) is 10.2 Å². The van der Waals surface area contributed by atoms with E-state index in [4.69, 9.17) is 21.8 Å². The first-order valence-corrected chi connectivity index (χ1v) is 9.75. The van der Waals surface area contributed by atoms with Gasteiger partial charge in [0.05, 0.1) is 5.75 Å². The van der Waals surface area contributed by atoms with Crippen LogP contribution in [0.4, 0.5) is 5.69 Å². The molecule has 144 valence electrons. The van der Waals surface area contributed by atoms with Crippen LogP contribution in [0.2, 0.25) is 5.02 Å². The second-order valence-electron chi connectivity index (χ2n) is 5.77. The van der Waals surface area contributed by atoms with E-state index in [-0.39, 0.29) is 29.8 Å². The number of carbonyl (C=O) groups excluding carboxylic acids is 2. The summed E-state index contributed by atoms with van der Waals surface area (Å²) in [5, 5.41) is 8.84. The zero-order chi connectivity index (χ0) is 19.9. The zero-order valence-corrected chi connectivity index (χ0v) is 16.3. The summed E-state index contributed by atoms with van der Waals surface area (Å²) in [4.78, 5) is 25.3. The molecular weight excluding hydrogens is 400 g/mol. The second-order valence-corrected chi connectivity index (χ2v) is 7.13. The largest absolute Gasteiger partial charge is 0.411 e. The molecule has 9 heteroatoms. The van der Waals surface area contributed by atoms with Gasteiger partial charge in [0.2, 0.25) is 17.7 Å². The van der Waals surface area contributed by atoms with Crippen molar-refractivity contribution >= 4 is 40.9 Å². The van der Waals surface area contributed by atoms with Crippen molar-refractivity contribution in [2.75, 3.05) is 17.2 Å². The Bertz CT molecular complexity index is 947. The first kappa shape index (κ1) is 19.9. The molecule has 0 fully saturated rings. The number of anilines is 1. The predicted molar refractivity (Wildman–Crippen MR) is 108 cm³/mol. The highest BCUT2D eigenvalue weighted by Crippen LogP contribution is 2.25. The van der Waals surface area contributed by atoms with Crippen molar-refractivity contribution in [3.63, 3.8) is 0 Å². The molecule has 1 heterocycles. The van der Waals surface area contributed by atoms with Crippen LogP contribution in [0.15, 0.2) is 64.2 Å². The van der Waals surface area contributed by atoms with Gasteiger partial charge in [0.1, 0.15) is 0 Å². The average molecular weight is 417 g/mol. The van der Waals surface area contributed by atoms with E-state index in [0.717, 1.165) is 17.3 Å². The van der Waals surface area contributed by atoms with Crippen LogP contribution in [0.5, 0.6) is 0 Å². The Kier molecular flexibility index (Phi) is 6.67. The first-order chi connectivity index (χ1) is 13.5. The smallest absolute Gasteiger partial charge is 0.277 e. The minimum Gasteiger partial charge on any atom is -0.411 e. The number of thioether (sulfide) groups is 1. The van der Waals surface area contributed by atoms with Crippen molar-refractivity contribution in [2.45, 2.75) is 11.6 Å². The van der Waals surface area contributed by atoms with Crippen molar-refractivity contribution < 1.29 is 14.0 Å². The minimum atomic E-state index is -0.467. The molecule has 2 aromatic carbocycles. The van der Waals surface area contributed by atoms with Gasteiger partial charge in [-0.3, -0.25) is 9.59 Å². The van der Waals surface area contributed by atoms with Gasteiger partial charge in [0.25, 0.3) is 5.22 Å². The molecule has 2 amide bonds. The molecule has 28 heavy (non-hydrogen) atoms. The first-order valence-electron chi connectivity index (χ1n) is 8.39. The molecule has 0 bridgehead atoms. The maximum Gasteiger partial charge on any atom is 0.277 e. The van der Waals surface area contributed by atoms with Crippen LogP contribution in [0, 0.1) is 0 Å². The molecule has 0 aliphatic rings. The number of hydrogen-bond acceptors (Lipinski definition) is 6. The molecular formula is C19H17ClN4O3S. The SMILES string of the molecule is NC(=O)CCN(C(=O)CSc1nnc(-c2ccc(Cl)cc2)o1)c1ccccc1. The van der Waals surface area contributed by atoms with Crippen LogP contribution in [-0.2, 0) is 9.59 Å². The number of carbonyl (C=O) groups is 2. The second kappa shape index (κ2) is 9.38. The Hall–Kier alpha value is -2.84. The predicted octanol–water partition coefficient (Wildman–Crippen LogP) is 3.39. The van der Waals surface area contributed by atoms with Crippen LogP contribution < -0.4 is 10.6 Å². The van der Waals surface area contributed by atoms with Crippen LogP contribution >= 0.6 is 23.4 Å². The summed E-state index contributed by atoms with van der Waals surface area (Å²) >= 11 is 7.00. The maximum absolute atomic E-state index is 12.7. The summed E-state index contributed by atoms with van der Waals surface area (Å²) < 4.78 is 5.60. The number of aromatic nitrogens is 2. The normalized spacial score (nSPS) is 10.6. The highest BCUT2D eigenvalue weighted by molar-refractivity contribution is 7.99. The molecule has 0 unspecified atom stereocenters. The van der Waals surface area contributed by atoms with Gasteiger partial charge in [-0.1, -0.05) is 41.6 Å². The Morgan fingerprint density at radius 2 is 1.79 bits per heavy atom. The van der Waals surface area contributed by atoms with Gasteiger partial charge in [-0.05, 0) is 36.4 Å². The highest BCUT2D eigenvalue weighted by Gasteiger charge is 2.18. The lowest BCUT2D eigenvalue weighted by molar-refractivity contribution is -0.118. The van der Waals surface area contributed by atoms with E-state index < -0.39 is 5.91 Å². The van der Waals surface area contributed by atoms with E-state index in [1.807, 2.05) is 18.2 Å². The number of hydrogen-bond donors (Lipinski definition) is 1. The van der Waals surface area contributed by atoms with Crippen LogP contribution in [0.3, 0.4) is 0 Å². The summed E-state index contributed by atoms with van der Waals surface area (Å²) in [6, 6.07) is 16.1. The molecule has 0 spiro atoms. The van der Waals surface area contributed by atoms with Gasteiger partial charge in [-0.15, -0.1) is 10.2 Å². The van der Waals surface area contributed by atoms with E-state index in [2.05, 4.69) is 10.2 Å². The van der Waals surface area contributed by atoms with E-state index in [9.17, 15) is 9.59 Å². The third-order valence-corrected chi connectivity index (χ3v) is 4.82. The summed E-state index contributed by atoms with van der Waals surface area (Å²) in [5.74, 6) is -0.231. The fourth-order valence-electron chi connectivity index (χ4n) is 2.41. The Balaban J connectivity index is 1.65. The fraction of sp³-hybridized carbons (Fsp3) is 0.158. The number of nitrogens with two attached hydrogens (primary N) is 1. The van der Waals surface area contributed by atoms with E-state index in [0.29, 0.717) is 16.6 Å². The Morgan fingerprint density at radius 3 is 2.46 bits per heavy atom. The molecule has 0 aliphatic carbocycles. The summed E-state index contributed by atoms with van der Waals surface area (Å²) in [7, 11) is 0. The number of rotatable bonds is 8. The summed E-state index contributed by atoms with van der Waals surface area (Å²) in [6.07, 6.45) is 0.0760. The minimum absolute atomic E-state index is 0.0760. The van der Waals surface area contributed by atoms with E-state index >= 15 is 0 Å². The standard InChI is InChI=1S/C19H17ClN4O3S/c20-14-8-6-13(7-9-14)18-22-23-19(27-18)28-12-17(26)24(11-10-16(21)25)15-4-2-1-3-5-15/h1-9H,10-12H2,(H2,21,25). The lowest BCUT2D eigenvalue weighted by atomic mass is 10.2. The molecule has 2 N–H and O–H groups in total. The topological polar surface area (TPSA) is 102 Å². The molecule has 0 saturated carbocycles. The maximum atomic E-state index is 12.7. The van der Waals surface area contributed by atoms with E-state index in [1.165, 1.54) is 4.90 Å². The van der Waals surface area contributed by atoms with Gasteiger partial charge in [0, 0.05) is 29.2 Å². The number of benzene rings is 2. The number of amides is 2. The lowest BCUT2D eigenvalue weighted by Crippen LogP contribution is -2.35. The highest BCUT2D eigenvalue weighted by atomic mass is 35.5. The van der Waals surface area contributed by atoms with Crippen molar-refractivity contribution in [1.29, 1.82) is 0 Å². The van der Waals surface area contributed by atoms with Crippen molar-refractivity contribution in [3.05, 3.63) is 59.6 Å². The van der Waals surface area contributed by atoms with Gasteiger partial charge >= 0.3 is 0 Å². The summed E-state index contributed by atoms with van der Waals surface area (Å²) in [5.41, 5.74) is 6.66. The molecule has 1 aromatic heterocycles. The zero-order valence-electron chi connectivity index (χ0n) is 14.7. The lowest BCUT2D eigenvalue weighted by Gasteiger charge is -2.21. The van der Waals surface area contributed by atoms with Crippen LogP contribution in [-0.4, -0.2) is 34.3 Å². The van der Waals surface area contributed by atoms with Crippen LogP contribution in [0.25, 0.3) is 11.5 Å². The molecule has 0 aliphatic heterocycles. The van der Waals surface area contributed by atoms with Crippen LogP contribution in [0.1, 0.15) is 6.42 Å². The van der Waals surface area contributed by atoms with Gasteiger partial charge in [-0.25, -0.2) is 0 Å². The Labute approximate surface area is 170 Å². The van der Waals surface area contributed by atoms with Crippen molar-refractivity contribution in [2.24, 2.45) is 5.73 Å². The van der Waals surface area contributed by atoms with Crippen molar-refractivity contribution in [3.8, 4) is 11.5 Å². The fourth-order valence-corrected chi connectivity index (χ4v) is 3.17. The monoisotopic (exact) mass is 416 g/mol. The molecule has 0 atom stereocenters. The van der Waals surface area contributed by atoms with Gasteiger partial charge in [-0.2, -0.15) is 0 Å². The van der Waals surface area contributed by atoms with Gasteiger partial charge < -0.3 is 15.1 Å². The third kappa shape index (κ3) is 5.34. The summed E-state index contributed by atoms with van der Waals surface area (Å²) in [6.45, 7) is 0.207. The third-order valence-electron chi connectivity index (χ3n) is 3.77. The molecule has 3 aromatic rings. The molecule has 0 saturated heterocycles. The molecule has 0 radical (unpaired) electrons. The number of para-hydroxylation sites is 1. The Morgan fingerprint density at radius 1 is 1.07 bits per heavy atom. The molecule has 7 nitrogen and oxygen atoms in total. The average Bonchev–Trinajstić information content (AvgIpc) is 3.17. The molecule has 3 rings (SSSR count).